The summed E-state index contributed by atoms with van der Waals surface area (Å²) in [5, 5.41) is 8.96. The number of hydrogen-bond acceptors (Lipinski definition) is 6. The summed E-state index contributed by atoms with van der Waals surface area (Å²) in [5.74, 6) is 0.981. The first-order chi connectivity index (χ1) is 14.5. The first kappa shape index (κ1) is 20.0. The number of nitrogens with one attached hydrogen (secondary N) is 1. The zero-order valence-electron chi connectivity index (χ0n) is 16.9. The number of carbonyl (C=O) groups excluding carboxylic acids is 2. The molecule has 1 saturated heterocycles. The number of aryl methyl sites for hydroxylation is 1. The normalized spacial score (nSPS) is 13.9. The fourth-order valence-corrected chi connectivity index (χ4v) is 4.02. The van der Waals surface area contributed by atoms with Crippen molar-refractivity contribution in [3.8, 4) is 5.75 Å². The molecule has 2 aromatic heterocycles. The van der Waals surface area contributed by atoms with Crippen molar-refractivity contribution >= 4 is 34.7 Å². The predicted molar refractivity (Wildman–Crippen MR) is 117 cm³/mol. The smallest absolute Gasteiger partial charge is 0.274 e. The minimum atomic E-state index is -0.208. The van der Waals surface area contributed by atoms with E-state index >= 15 is 0 Å². The standard InChI is InChI=1S/C21H23N5O3S/c1-24-19(22-20(27)18-4-3-13-30-18)14-17(23-24)21(28)26-11-9-25(10-12-26)15-5-7-16(29-2)8-6-15/h3-8,13-14H,9-12H2,1-2H3,(H,22,27). The summed E-state index contributed by atoms with van der Waals surface area (Å²) in [6.07, 6.45) is 0. The molecule has 1 aromatic carbocycles. The monoisotopic (exact) mass is 425 g/mol. The van der Waals surface area contributed by atoms with Gasteiger partial charge >= 0.3 is 0 Å². The SMILES string of the molecule is COc1ccc(N2CCN(C(=O)c3cc(NC(=O)c4cccs4)n(C)n3)CC2)cc1. The number of benzene rings is 1. The molecule has 0 bridgehead atoms. The molecule has 0 atom stereocenters. The molecular weight excluding hydrogens is 402 g/mol. The average molecular weight is 426 g/mol. The Morgan fingerprint density at radius 3 is 2.47 bits per heavy atom. The van der Waals surface area contributed by atoms with Crippen molar-refractivity contribution in [1.29, 1.82) is 0 Å². The first-order valence-corrected chi connectivity index (χ1v) is 10.5. The Morgan fingerprint density at radius 2 is 1.83 bits per heavy atom. The van der Waals surface area contributed by atoms with Crippen LogP contribution in [0.3, 0.4) is 0 Å². The van der Waals surface area contributed by atoms with E-state index in [0.717, 1.165) is 24.5 Å². The molecule has 0 spiro atoms. The van der Waals surface area contributed by atoms with Gasteiger partial charge in [0, 0.05) is 45.0 Å². The van der Waals surface area contributed by atoms with Gasteiger partial charge in [-0.2, -0.15) is 5.10 Å². The minimum absolute atomic E-state index is 0.128. The third-order valence-corrected chi connectivity index (χ3v) is 5.96. The number of rotatable bonds is 5. The molecular formula is C21H23N5O3S. The minimum Gasteiger partial charge on any atom is -0.497 e. The molecule has 156 valence electrons. The Labute approximate surface area is 178 Å². The molecule has 1 N–H and O–H groups in total. The summed E-state index contributed by atoms with van der Waals surface area (Å²) in [4.78, 5) is 29.8. The zero-order chi connectivity index (χ0) is 21.1. The molecule has 3 heterocycles. The van der Waals surface area contributed by atoms with E-state index in [0.29, 0.717) is 29.5 Å². The van der Waals surface area contributed by atoms with Crippen LogP contribution in [-0.2, 0) is 7.05 Å². The Morgan fingerprint density at radius 1 is 1.10 bits per heavy atom. The summed E-state index contributed by atoms with van der Waals surface area (Å²) >= 11 is 1.36. The molecule has 8 nitrogen and oxygen atoms in total. The van der Waals surface area contributed by atoms with E-state index in [2.05, 4.69) is 15.3 Å². The maximum absolute atomic E-state index is 12.9. The van der Waals surface area contributed by atoms with Crippen LogP contribution in [0.15, 0.2) is 47.8 Å². The van der Waals surface area contributed by atoms with E-state index in [1.807, 2.05) is 35.7 Å². The Bertz CT molecular complexity index is 1020. The van der Waals surface area contributed by atoms with Gasteiger partial charge < -0.3 is 19.9 Å². The first-order valence-electron chi connectivity index (χ1n) is 9.62. The molecule has 1 aliphatic heterocycles. The number of hydrogen-bond donors (Lipinski definition) is 1. The zero-order valence-corrected chi connectivity index (χ0v) is 17.7. The molecule has 0 radical (unpaired) electrons. The number of carbonyl (C=O) groups is 2. The third kappa shape index (κ3) is 4.16. The second-order valence-corrected chi connectivity index (χ2v) is 7.89. The highest BCUT2D eigenvalue weighted by atomic mass is 32.1. The second-order valence-electron chi connectivity index (χ2n) is 6.95. The molecule has 1 fully saturated rings. The van der Waals surface area contributed by atoms with Crippen molar-refractivity contribution in [2.45, 2.75) is 0 Å². The van der Waals surface area contributed by atoms with Crippen molar-refractivity contribution < 1.29 is 14.3 Å². The fraction of sp³-hybridized carbons (Fsp3) is 0.286. The van der Waals surface area contributed by atoms with E-state index in [-0.39, 0.29) is 11.8 Å². The predicted octanol–water partition coefficient (Wildman–Crippen LogP) is 2.70. The van der Waals surface area contributed by atoms with E-state index in [4.69, 9.17) is 4.74 Å². The van der Waals surface area contributed by atoms with Gasteiger partial charge in [-0.25, -0.2) is 0 Å². The third-order valence-electron chi connectivity index (χ3n) is 5.09. The summed E-state index contributed by atoms with van der Waals surface area (Å²) in [5.41, 5.74) is 1.44. The van der Waals surface area contributed by atoms with Crippen LogP contribution in [0.1, 0.15) is 20.2 Å². The number of piperazine rings is 1. The molecule has 9 heteroatoms. The van der Waals surface area contributed by atoms with Crippen molar-refractivity contribution in [3.63, 3.8) is 0 Å². The largest absolute Gasteiger partial charge is 0.497 e. The van der Waals surface area contributed by atoms with Gasteiger partial charge in [-0.1, -0.05) is 6.07 Å². The van der Waals surface area contributed by atoms with Crippen LogP contribution in [0.25, 0.3) is 0 Å². The van der Waals surface area contributed by atoms with Crippen molar-refractivity contribution in [2.24, 2.45) is 7.05 Å². The van der Waals surface area contributed by atoms with Crippen LogP contribution in [0.4, 0.5) is 11.5 Å². The van der Waals surface area contributed by atoms with Crippen LogP contribution in [-0.4, -0.2) is 59.8 Å². The molecule has 0 unspecified atom stereocenters. The van der Waals surface area contributed by atoms with Crippen molar-refractivity contribution in [2.75, 3.05) is 43.5 Å². The van der Waals surface area contributed by atoms with Gasteiger partial charge in [0.25, 0.3) is 11.8 Å². The number of nitrogens with zero attached hydrogens (tertiary/aromatic N) is 4. The molecule has 3 aromatic rings. The number of methoxy groups -OCH3 is 1. The van der Waals surface area contributed by atoms with Gasteiger partial charge in [0.05, 0.1) is 12.0 Å². The van der Waals surface area contributed by atoms with Crippen molar-refractivity contribution in [1.82, 2.24) is 14.7 Å². The highest BCUT2D eigenvalue weighted by Gasteiger charge is 2.25. The Hall–Kier alpha value is -3.33. The number of thiophene rings is 1. The summed E-state index contributed by atoms with van der Waals surface area (Å²) in [6.45, 7) is 2.70. The topological polar surface area (TPSA) is 79.7 Å². The van der Waals surface area contributed by atoms with Gasteiger partial charge in [0.15, 0.2) is 5.69 Å². The molecule has 0 saturated carbocycles. The molecule has 2 amide bonds. The van der Waals surface area contributed by atoms with Crippen LogP contribution in [0.2, 0.25) is 0 Å². The lowest BCUT2D eigenvalue weighted by Crippen LogP contribution is -2.48. The quantitative estimate of drug-likeness (QED) is 0.680. The number of anilines is 2. The lowest BCUT2D eigenvalue weighted by atomic mass is 10.2. The second kappa shape index (κ2) is 8.58. The Balaban J connectivity index is 1.37. The molecule has 30 heavy (non-hydrogen) atoms. The van der Waals surface area contributed by atoms with Gasteiger partial charge in [0.2, 0.25) is 0 Å². The fourth-order valence-electron chi connectivity index (χ4n) is 3.40. The summed E-state index contributed by atoms with van der Waals surface area (Å²) < 4.78 is 6.72. The molecule has 0 aliphatic carbocycles. The van der Waals surface area contributed by atoms with E-state index in [1.54, 1.807) is 31.2 Å². The van der Waals surface area contributed by atoms with Crippen LogP contribution < -0.4 is 15.0 Å². The lowest BCUT2D eigenvalue weighted by molar-refractivity contribution is 0.0740. The Kier molecular flexibility index (Phi) is 5.71. The van der Waals surface area contributed by atoms with Gasteiger partial charge in [-0.05, 0) is 35.7 Å². The van der Waals surface area contributed by atoms with E-state index in [9.17, 15) is 9.59 Å². The average Bonchev–Trinajstić information content (AvgIpc) is 3.44. The maximum atomic E-state index is 12.9. The van der Waals surface area contributed by atoms with Crippen LogP contribution in [0.5, 0.6) is 5.75 Å². The van der Waals surface area contributed by atoms with E-state index < -0.39 is 0 Å². The molecule has 1 aliphatic rings. The highest BCUT2D eigenvalue weighted by molar-refractivity contribution is 7.12. The number of ether oxygens (including phenoxy) is 1. The summed E-state index contributed by atoms with van der Waals surface area (Å²) in [7, 11) is 3.36. The number of aromatic nitrogens is 2. The number of amides is 2. The van der Waals surface area contributed by atoms with Crippen LogP contribution >= 0.6 is 11.3 Å². The van der Waals surface area contributed by atoms with E-state index in [1.165, 1.54) is 16.0 Å². The highest BCUT2D eigenvalue weighted by Crippen LogP contribution is 2.21. The van der Waals surface area contributed by atoms with Gasteiger partial charge in [-0.15, -0.1) is 11.3 Å². The van der Waals surface area contributed by atoms with Crippen molar-refractivity contribution in [3.05, 3.63) is 58.4 Å². The molecule has 4 rings (SSSR count). The van der Waals surface area contributed by atoms with Gasteiger partial charge in [-0.3, -0.25) is 14.3 Å². The van der Waals surface area contributed by atoms with Crippen LogP contribution in [0, 0.1) is 0 Å². The lowest BCUT2D eigenvalue weighted by Gasteiger charge is -2.35. The maximum Gasteiger partial charge on any atom is 0.274 e. The summed E-state index contributed by atoms with van der Waals surface area (Å²) in [6, 6.07) is 13.1. The van der Waals surface area contributed by atoms with Gasteiger partial charge in [0.1, 0.15) is 11.6 Å².